The van der Waals surface area contributed by atoms with Gasteiger partial charge in [-0.1, -0.05) is 12.1 Å². The van der Waals surface area contributed by atoms with E-state index in [-0.39, 0.29) is 11.7 Å². The maximum Gasteiger partial charge on any atom is 0.256 e. The summed E-state index contributed by atoms with van der Waals surface area (Å²) in [5.41, 5.74) is 1.69. The number of carbonyl (C=O) groups is 2. The zero-order chi connectivity index (χ0) is 13.1. The second kappa shape index (κ2) is 5.62. The largest absolute Gasteiger partial charge is 0.321 e. The Morgan fingerprint density at radius 2 is 2.00 bits per heavy atom. The second-order valence-corrected chi connectivity index (χ2v) is 6.50. The van der Waals surface area contributed by atoms with E-state index in [0.717, 1.165) is 2.88 Å². The van der Waals surface area contributed by atoms with Crippen LogP contribution in [0, 0.1) is 2.88 Å². The van der Waals surface area contributed by atoms with Gasteiger partial charge in [-0.05, 0) is 47.7 Å². The summed E-state index contributed by atoms with van der Waals surface area (Å²) in [6, 6.07) is 8.82. The third-order valence-electron chi connectivity index (χ3n) is 2.38. The number of ketones is 1. The third kappa shape index (κ3) is 2.97. The van der Waals surface area contributed by atoms with E-state index in [4.69, 9.17) is 0 Å². The van der Waals surface area contributed by atoms with Crippen LogP contribution in [0.3, 0.4) is 0 Å². The van der Waals surface area contributed by atoms with Gasteiger partial charge in [0.1, 0.15) is 0 Å². The van der Waals surface area contributed by atoms with Crippen molar-refractivity contribution in [2.24, 2.45) is 0 Å². The van der Waals surface area contributed by atoms with Crippen molar-refractivity contribution in [1.82, 2.24) is 0 Å². The van der Waals surface area contributed by atoms with Crippen LogP contribution in [0.15, 0.2) is 35.7 Å². The van der Waals surface area contributed by atoms with Crippen LogP contribution in [0.25, 0.3) is 0 Å². The van der Waals surface area contributed by atoms with Crippen molar-refractivity contribution in [3.63, 3.8) is 0 Å². The number of hydrogen-bond donors (Lipinski definition) is 1. The lowest BCUT2D eigenvalue weighted by atomic mass is 10.1. The first-order valence-corrected chi connectivity index (χ1v) is 7.19. The van der Waals surface area contributed by atoms with Crippen LogP contribution >= 0.6 is 33.9 Å². The van der Waals surface area contributed by atoms with Crippen molar-refractivity contribution in [3.8, 4) is 0 Å². The van der Waals surface area contributed by atoms with Crippen molar-refractivity contribution in [3.05, 3.63) is 49.7 Å². The molecule has 92 valence electrons. The van der Waals surface area contributed by atoms with Crippen molar-refractivity contribution >= 4 is 51.3 Å². The smallest absolute Gasteiger partial charge is 0.256 e. The van der Waals surface area contributed by atoms with Gasteiger partial charge < -0.3 is 5.32 Å². The number of para-hydroxylation sites is 1. The Morgan fingerprint density at radius 1 is 1.28 bits per heavy atom. The molecule has 3 nitrogen and oxygen atoms in total. The molecule has 1 amide bonds. The number of Topliss-reactive ketones (excluding diaryl/α,β-unsaturated/α-hetero) is 1. The highest BCUT2D eigenvalue weighted by molar-refractivity contribution is 14.1. The topological polar surface area (TPSA) is 46.2 Å². The van der Waals surface area contributed by atoms with E-state index in [2.05, 4.69) is 27.9 Å². The molecule has 0 saturated carbocycles. The maximum atomic E-state index is 12.0. The number of halogens is 1. The van der Waals surface area contributed by atoms with Crippen molar-refractivity contribution in [2.45, 2.75) is 6.92 Å². The number of benzene rings is 1. The van der Waals surface area contributed by atoms with E-state index in [1.165, 1.54) is 18.3 Å². The highest BCUT2D eigenvalue weighted by Gasteiger charge is 2.12. The highest BCUT2D eigenvalue weighted by Crippen LogP contribution is 2.20. The first kappa shape index (κ1) is 13.2. The summed E-state index contributed by atoms with van der Waals surface area (Å²) in [6.07, 6.45) is 0. The Labute approximate surface area is 122 Å². The lowest BCUT2D eigenvalue weighted by Gasteiger charge is -2.07. The summed E-state index contributed by atoms with van der Waals surface area (Å²) < 4.78 is 1.05. The molecule has 0 spiro atoms. The lowest BCUT2D eigenvalue weighted by Crippen LogP contribution is -2.13. The van der Waals surface area contributed by atoms with Gasteiger partial charge in [0, 0.05) is 10.9 Å². The molecule has 2 aromatic rings. The fraction of sp³-hybridized carbons (Fsp3) is 0.0769. The number of rotatable bonds is 3. The average Bonchev–Trinajstić information content (AvgIpc) is 2.76. The van der Waals surface area contributed by atoms with Gasteiger partial charge in [0.05, 0.1) is 14.1 Å². The van der Waals surface area contributed by atoms with Crippen LogP contribution in [0.5, 0.6) is 0 Å². The Hall–Kier alpha value is -1.21. The van der Waals surface area contributed by atoms with Gasteiger partial charge in [-0.25, -0.2) is 0 Å². The zero-order valence-electron chi connectivity index (χ0n) is 9.57. The van der Waals surface area contributed by atoms with Gasteiger partial charge in [-0.15, -0.1) is 11.3 Å². The molecule has 0 aliphatic rings. The fourth-order valence-electron chi connectivity index (χ4n) is 1.52. The molecular formula is C13H10INO2S. The molecule has 18 heavy (non-hydrogen) atoms. The molecule has 1 N–H and O–H groups in total. The molecule has 5 heteroatoms. The molecule has 0 fully saturated rings. The molecular weight excluding hydrogens is 361 g/mol. The normalized spacial score (nSPS) is 10.1. The third-order valence-corrected chi connectivity index (χ3v) is 4.17. The van der Waals surface area contributed by atoms with E-state index < -0.39 is 0 Å². The number of amides is 1. The first-order valence-electron chi connectivity index (χ1n) is 5.23. The highest BCUT2D eigenvalue weighted by atomic mass is 127. The van der Waals surface area contributed by atoms with Gasteiger partial charge >= 0.3 is 0 Å². The SMILES string of the molecule is CC(=O)c1ccccc1NC(=O)c1csc(I)c1. The zero-order valence-corrected chi connectivity index (χ0v) is 12.5. The van der Waals surface area contributed by atoms with E-state index in [1.807, 2.05) is 6.07 Å². The summed E-state index contributed by atoms with van der Waals surface area (Å²) in [4.78, 5) is 23.4. The molecule has 0 saturated heterocycles. The number of anilines is 1. The van der Waals surface area contributed by atoms with Gasteiger partial charge in [0.2, 0.25) is 0 Å². The average molecular weight is 371 g/mol. The number of carbonyl (C=O) groups excluding carboxylic acids is 2. The quantitative estimate of drug-likeness (QED) is 0.659. The number of hydrogen-bond acceptors (Lipinski definition) is 3. The van der Waals surface area contributed by atoms with E-state index >= 15 is 0 Å². The second-order valence-electron chi connectivity index (χ2n) is 3.70. The number of thiophene rings is 1. The van der Waals surface area contributed by atoms with Crippen LogP contribution in [-0.2, 0) is 0 Å². The van der Waals surface area contributed by atoms with Gasteiger partial charge in [0.25, 0.3) is 5.91 Å². The van der Waals surface area contributed by atoms with Crippen LogP contribution in [0.2, 0.25) is 0 Å². The minimum Gasteiger partial charge on any atom is -0.321 e. The predicted molar refractivity (Wildman–Crippen MR) is 81.4 cm³/mol. The fourth-order valence-corrected chi connectivity index (χ4v) is 2.85. The van der Waals surface area contributed by atoms with E-state index in [9.17, 15) is 9.59 Å². The Bertz CT molecular complexity index is 607. The molecule has 2 rings (SSSR count). The Morgan fingerprint density at radius 3 is 2.61 bits per heavy atom. The standard InChI is InChI=1S/C13H10INO2S/c1-8(16)10-4-2-3-5-11(10)15-13(17)9-6-12(14)18-7-9/h2-7H,1H3,(H,15,17). The van der Waals surface area contributed by atoms with Crippen LogP contribution in [0.4, 0.5) is 5.69 Å². The number of nitrogens with one attached hydrogen (secondary N) is 1. The van der Waals surface area contributed by atoms with Crippen LogP contribution < -0.4 is 5.32 Å². The Kier molecular flexibility index (Phi) is 4.13. The molecule has 0 radical (unpaired) electrons. The lowest BCUT2D eigenvalue weighted by molar-refractivity contribution is 0.101. The van der Waals surface area contributed by atoms with Gasteiger partial charge in [-0.3, -0.25) is 9.59 Å². The maximum absolute atomic E-state index is 12.0. The van der Waals surface area contributed by atoms with Gasteiger partial charge in [0.15, 0.2) is 5.78 Å². The summed E-state index contributed by atoms with van der Waals surface area (Å²) in [5.74, 6) is -0.256. The van der Waals surface area contributed by atoms with Crippen LogP contribution in [0.1, 0.15) is 27.6 Å². The van der Waals surface area contributed by atoms with Gasteiger partial charge in [-0.2, -0.15) is 0 Å². The summed E-state index contributed by atoms with van der Waals surface area (Å²) in [7, 11) is 0. The molecule has 0 bridgehead atoms. The molecule has 1 aromatic carbocycles. The molecule has 1 aromatic heterocycles. The minimum absolute atomic E-state index is 0.0641. The minimum atomic E-state index is -0.192. The van der Waals surface area contributed by atoms with E-state index in [0.29, 0.717) is 16.8 Å². The first-order chi connectivity index (χ1) is 8.58. The van der Waals surface area contributed by atoms with Crippen molar-refractivity contribution in [1.29, 1.82) is 0 Å². The molecule has 1 heterocycles. The monoisotopic (exact) mass is 371 g/mol. The van der Waals surface area contributed by atoms with Crippen LogP contribution in [-0.4, -0.2) is 11.7 Å². The summed E-state index contributed by atoms with van der Waals surface area (Å²) >= 11 is 3.68. The van der Waals surface area contributed by atoms with E-state index in [1.54, 1.807) is 29.6 Å². The van der Waals surface area contributed by atoms with Crippen molar-refractivity contribution < 1.29 is 9.59 Å². The Balaban J connectivity index is 2.24. The molecule has 0 unspecified atom stereocenters. The molecule has 0 atom stereocenters. The molecule has 0 aliphatic carbocycles. The molecule has 0 aliphatic heterocycles. The summed E-state index contributed by atoms with van der Waals surface area (Å²) in [5, 5.41) is 4.56. The van der Waals surface area contributed by atoms with Crippen molar-refractivity contribution in [2.75, 3.05) is 5.32 Å². The summed E-state index contributed by atoms with van der Waals surface area (Å²) in [6.45, 7) is 1.48. The predicted octanol–water partition coefficient (Wildman–Crippen LogP) is 3.81.